The molecule has 1 N–H and O–H groups in total. The van der Waals surface area contributed by atoms with Gasteiger partial charge in [-0.3, -0.25) is 0 Å². The molecule has 1 unspecified atom stereocenters. The van der Waals surface area contributed by atoms with Crippen LogP contribution in [-0.2, 0) is 0 Å². The molecule has 0 spiro atoms. The van der Waals surface area contributed by atoms with E-state index in [0.717, 1.165) is 5.56 Å². The van der Waals surface area contributed by atoms with Gasteiger partial charge < -0.3 is 5.11 Å². The maximum Gasteiger partial charge on any atom is 0.0924 e. The van der Waals surface area contributed by atoms with E-state index in [-0.39, 0.29) is 5.92 Å². The van der Waals surface area contributed by atoms with Crippen LogP contribution in [0.5, 0.6) is 0 Å². The Morgan fingerprint density at radius 2 is 1.85 bits per heavy atom. The summed E-state index contributed by atoms with van der Waals surface area (Å²) in [5.74, 6) is 2.39. The Kier molecular flexibility index (Phi) is 3.11. The first-order chi connectivity index (χ1) is 6.15. The average Bonchev–Trinajstić information content (AvgIpc) is 2.17. The number of aryl methyl sites for hydroxylation is 1. The summed E-state index contributed by atoms with van der Waals surface area (Å²) in [5.41, 5.74) is 2.07. The molecule has 0 heterocycles. The van der Waals surface area contributed by atoms with E-state index in [0.29, 0.717) is 0 Å². The number of terminal acetylenes is 1. The van der Waals surface area contributed by atoms with Crippen LogP contribution in [0.25, 0.3) is 0 Å². The molecule has 0 aliphatic rings. The molecule has 0 saturated carbocycles. The van der Waals surface area contributed by atoms with Crippen molar-refractivity contribution in [3.05, 3.63) is 35.4 Å². The second-order valence-corrected chi connectivity index (χ2v) is 3.31. The van der Waals surface area contributed by atoms with Crippen LogP contribution in [0.2, 0.25) is 0 Å². The molecule has 1 rings (SSSR count). The Bertz CT molecular complexity index is 305. The highest BCUT2D eigenvalue weighted by atomic mass is 16.3. The molecule has 68 valence electrons. The Balaban J connectivity index is 2.84. The van der Waals surface area contributed by atoms with Crippen LogP contribution in [0.4, 0.5) is 0 Å². The van der Waals surface area contributed by atoms with Gasteiger partial charge in [0.15, 0.2) is 0 Å². The van der Waals surface area contributed by atoms with Gasteiger partial charge >= 0.3 is 0 Å². The maximum absolute atomic E-state index is 9.74. The molecular formula is C12H14O. The molecule has 0 fully saturated rings. The van der Waals surface area contributed by atoms with Crippen molar-refractivity contribution in [2.75, 3.05) is 0 Å². The minimum Gasteiger partial charge on any atom is -0.387 e. The first-order valence-electron chi connectivity index (χ1n) is 4.36. The van der Waals surface area contributed by atoms with Gasteiger partial charge in [-0.15, -0.1) is 12.3 Å². The molecule has 0 radical (unpaired) electrons. The summed E-state index contributed by atoms with van der Waals surface area (Å²) in [6.07, 6.45) is 4.68. The zero-order valence-corrected chi connectivity index (χ0v) is 7.99. The van der Waals surface area contributed by atoms with Crippen molar-refractivity contribution in [1.29, 1.82) is 0 Å². The smallest absolute Gasteiger partial charge is 0.0924 e. The van der Waals surface area contributed by atoms with Gasteiger partial charge in [-0.2, -0.15) is 0 Å². The fourth-order valence-corrected chi connectivity index (χ4v) is 1.14. The molecule has 1 aromatic carbocycles. The Hall–Kier alpha value is -1.26. The van der Waals surface area contributed by atoms with Gasteiger partial charge in [-0.1, -0.05) is 29.8 Å². The number of aliphatic hydroxyl groups excluding tert-OH is 1. The van der Waals surface area contributed by atoms with Gasteiger partial charge in [-0.25, -0.2) is 0 Å². The van der Waals surface area contributed by atoms with E-state index in [9.17, 15) is 5.11 Å². The number of aliphatic hydroxyl groups is 1. The third-order valence-electron chi connectivity index (χ3n) is 2.16. The van der Waals surface area contributed by atoms with E-state index in [4.69, 9.17) is 6.42 Å². The highest BCUT2D eigenvalue weighted by molar-refractivity contribution is 5.24. The highest BCUT2D eigenvalue weighted by Crippen LogP contribution is 2.20. The summed E-state index contributed by atoms with van der Waals surface area (Å²) in [6.45, 7) is 3.85. The topological polar surface area (TPSA) is 20.2 Å². The fraction of sp³-hybridized carbons (Fsp3) is 0.333. The number of rotatable bonds is 2. The quantitative estimate of drug-likeness (QED) is 0.682. The molecule has 1 heteroatoms. The number of hydrogen-bond acceptors (Lipinski definition) is 1. The Morgan fingerprint density at radius 3 is 2.31 bits per heavy atom. The fourth-order valence-electron chi connectivity index (χ4n) is 1.14. The predicted molar refractivity (Wildman–Crippen MR) is 54.1 cm³/mol. The van der Waals surface area contributed by atoms with Crippen LogP contribution >= 0.6 is 0 Å². The Labute approximate surface area is 79.4 Å². The van der Waals surface area contributed by atoms with Crippen molar-refractivity contribution in [1.82, 2.24) is 0 Å². The molecule has 1 aromatic rings. The lowest BCUT2D eigenvalue weighted by atomic mass is 9.97. The maximum atomic E-state index is 9.74. The third kappa shape index (κ3) is 2.34. The summed E-state index contributed by atoms with van der Waals surface area (Å²) in [5, 5.41) is 9.74. The first-order valence-corrected chi connectivity index (χ1v) is 4.36. The summed E-state index contributed by atoms with van der Waals surface area (Å²) in [6, 6.07) is 7.77. The lowest BCUT2D eigenvalue weighted by Gasteiger charge is -2.13. The minimum absolute atomic E-state index is 0.136. The van der Waals surface area contributed by atoms with Crippen molar-refractivity contribution in [2.24, 2.45) is 5.92 Å². The molecule has 0 aromatic heterocycles. The van der Waals surface area contributed by atoms with Crippen LogP contribution in [0.15, 0.2) is 24.3 Å². The number of benzene rings is 1. The molecule has 0 aliphatic heterocycles. The Morgan fingerprint density at radius 1 is 1.31 bits per heavy atom. The van der Waals surface area contributed by atoms with Gasteiger partial charge in [0.1, 0.15) is 0 Å². The molecular weight excluding hydrogens is 160 g/mol. The summed E-state index contributed by atoms with van der Waals surface area (Å²) in [4.78, 5) is 0. The lowest BCUT2D eigenvalue weighted by Crippen LogP contribution is -2.06. The first kappa shape index (κ1) is 9.83. The van der Waals surface area contributed by atoms with E-state index < -0.39 is 6.10 Å². The molecule has 0 bridgehead atoms. The van der Waals surface area contributed by atoms with Crippen LogP contribution < -0.4 is 0 Å². The van der Waals surface area contributed by atoms with Crippen molar-refractivity contribution in [3.63, 3.8) is 0 Å². The summed E-state index contributed by atoms with van der Waals surface area (Å²) in [7, 11) is 0. The molecule has 2 atom stereocenters. The van der Waals surface area contributed by atoms with Crippen LogP contribution in [0.1, 0.15) is 24.2 Å². The highest BCUT2D eigenvalue weighted by Gasteiger charge is 2.12. The normalized spacial score (nSPS) is 14.6. The minimum atomic E-state index is -0.550. The van der Waals surface area contributed by atoms with Crippen molar-refractivity contribution in [3.8, 4) is 12.3 Å². The van der Waals surface area contributed by atoms with Crippen molar-refractivity contribution < 1.29 is 5.11 Å². The molecule has 0 amide bonds. The van der Waals surface area contributed by atoms with Crippen molar-refractivity contribution >= 4 is 0 Å². The van der Waals surface area contributed by atoms with Gasteiger partial charge in [0, 0.05) is 5.92 Å². The standard InChI is InChI=1S/C12H14O/c1-4-10(3)12(13)11-7-5-9(2)6-8-11/h1,5-8,10,12-13H,2-3H3/t10-,12?/m1/s1. The van der Waals surface area contributed by atoms with Crippen LogP contribution in [-0.4, -0.2) is 5.11 Å². The van der Waals surface area contributed by atoms with Crippen LogP contribution in [0, 0.1) is 25.2 Å². The number of hydrogen-bond donors (Lipinski definition) is 1. The molecule has 0 aliphatic carbocycles. The largest absolute Gasteiger partial charge is 0.387 e. The second-order valence-electron chi connectivity index (χ2n) is 3.31. The SMILES string of the molecule is C#C[C@@H](C)C(O)c1ccc(C)cc1. The van der Waals surface area contributed by atoms with Gasteiger partial charge in [0.25, 0.3) is 0 Å². The van der Waals surface area contributed by atoms with E-state index >= 15 is 0 Å². The third-order valence-corrected chi connectivity index (χ3v) is 2.16. The summed E-state index contributed by atoms with van der Waals surface area (Å²) < 4.78 is 0. The zero-order valence-electron chi connectivity index (χ0n) is 7.99. The second kappa shape index (κ2) is 4.11. The summed E-state index contributed by atoms with van der Waals surface area (Å²) >= 11 is 0. The van der Waals surface area contributed by atoms with E-state index in [1.165, 1.54) is 5.56 Å². The van der Waals surface area contributed by atoms with E-state index in [2.05, 4.69) is 5.92 Å². The van der Waals surface area contributed by atoms with Gasteiger partial charge in [0.2, 0.25) is 0 Å². The molecule has 13 heavy (non-hydrogen) atoms. The van der Waals surface area contributed by atoms with E-state index in [1.807, 2.05) is 38.1 Å². The average molecular weight is 174 g/mol. The van der Waals surface area contributed by atoms with Crippen LogP contribution in [0.3, 0.4) is 0 Å². The van der Waals surface area contributed by atoms with Gasteiger partial charge in [0.05, 0.1) is 6.10 Å². The van der Waals surface area contributed by atoms with E-state index in [1.54, 1.807) is 0 Å². The van der Waals surface area contributed by atoms with Crippen molar-refractivity contribution in [2.45, 2.75) is 20.0 Å². The monoisotopic (exact) mass is 174 g/mol. The molecule has 0 saturated heterocycles. The van der Waals surface area contributed by atoms with Gasteiger partial charge in [-0.05, 0) is 19.4 Å². The zero-order chi connectivity index (χ0) is 9.84. The predicted octanol–water partition coefficient (Wildman–Crippen LogP) is 2.30. The lowest BCUT2D eigenvalue weighted by molar-refractivity contribution is 0.144. The molecule has 1 nitrogen and oxygen atoms in total.